The number of likely N-dealkylation sites (tertiary alicyclic amines) is 1. The molecule has 1 aromatic heterocycles. The summed E-state index contributed by atoms with van der Waals surface area (Å²) < 4.78 is 28.8. The van der Waals surface area contributed by atoms with Crippen molar-refractivity contribution in [1.29, 1.82) is 0 Å². The number of aromatic nitrogens is 1. The number of thiazole rings is 1. The number of anilines is 1. The van der Waals surface area contributed by atoms with Gasteiger partial charge in [0.15, 0.2) is 0 Å². The maximum Gasteiger partial charge on any atom is 0.254 e. The topological polar surface area (TPSA) is 73.8 Å². The average molecular weight is 483 g/mol. The van der Waals surface area contributed by atoms with E-state index in [1.54, 1.807) is 21.3 Å². The van der Waals surface area contributed by atoms with Crippen LogP contribution in [0.4, 0.5) is 5.69 Å². The third kappa shape index (κ3) is 3.55. The molecule has 2 aliphatic heterocycles. The molecule has 3 aromatic rings. The second kappa shape index (κ2) is 7.93. The van der Waals surface area contributed by atoms with Crippen LogP contribution in [0.3, 0.4) is 0 Å². The molecular weight excluding hydrogens is 456 g/mol. The molecule has 2 aliphatic rings. The van der Waals surface area contributed by atoms with Crippen molar-refractivity contribution in [2.24, 2.45) is 0 Å². The lowest BCUT2D eigenvalue weighted by molar-refractivity contribution is 0.0762. The maximum atomic E-state index is 13.6. The zero-order chi connectivity index (χ0) is 23.4. The van der Waals surface area contributed by atoms with Crippen molar-refractivity contribution in [2.45, 2.75) is 30.3 Å². The normalized spacial score (nSPS) is 21.5. The van der Waals surface area contributed by atoms with Crippen LogP contribution in [0.2, 0.25) is 0 Å². The van der Waals surface area contributed by atoms with Gasteiger partial charge in [-0.2, -0.15) is 4.31 Å². The van der Waals surface area contributed by atoms with Gasteiger partial charge in [0.1, 0.15) is 0 Å². The van der Waals surface area contributed by atoms with E-state index in [1.807, 2.05) is 67.7 Å². The van der Waals surface area contributed by atoms with Crippen LogP contribution < -0.4 is 4.90 Å². The van der Waals surface area contributed by atoms with E-state index in [2.05, 4.69) is 4.98 Å². The lowest BCUT2D eigenvalue weighted by atomic mass is 9.89. The molecule has 1 atom stereocenters. The number of sulfonamides is 1. The molecule has 1 fully saturated rings. The Kier molecular flexibility index (Phi) is 5.30. The molecule has 3 heterocycles. The number of hydrogen-bond donors (Lipinski definition) is 0. The van der Waals surface area contributed by atoms with Gasteiger partial charge >= 0.3 is 0 Å². The van der Waals surface area contributed by atoms with Crippen LogP contribution in [0, 0.1) is 6.92 Å². The molecule has 33 heavy (non-hydrogen) atoms. The van der Waals surface area contributed by atoms with Gasteiger partial charge in [-0.25, -0.2) is 13.4 Å². The number of amides is 1. The number of rotatable bonds is 4. The van der Waals surface area contributed by atoms with Gasteiger partial charge in [-0.3, -0.25) is 4.79 Å². The summed E-state index contributed by atoms with van der Waals surface area (Å²) >= 11 is 1.51. The lowest BCUT2D eigenvalue weighted by Crippen LogP contribution is -2.46. The summed E-state index contributed by atoms with van der Waals surface area (Å²) in [6, 6.07) is 14.7. The number of benzene rings is 2. The molecule has 1 amide bonds. The predicted octanol–water partition coefficient (Wildman–Crippen LogP) is 3.46. The van der Waals surface area contributed by atoms with Gasteiger partial charge in [-0.15, -0.1) is 11.3 Å². The summed E-state index contributed by atoms with van der Waals surface area (Å²) in [4.78, 5) is 22.0. The first kappa shape index (κ1) is 22.1. The molecule has 0 bridgehead atoms. The van der Waals surface area contributed by atoms with E-state index in [0.29, 0.717) is 30.0 Å². The van der Waals surface area contributed by atoms with Crippen LogP contribution in [-0.2, 0) is 22.1 Å². The first-order valence-electron chi connectivity index (χ1n) is 10.8. The number of nitrogens with zero attached hydrogens (tertiary/aromatic N) is 4. The zero-order valence-electron chi connectivity index (χ0n) is 18.9. The minimum Gasteiger partial charge on any atom is -0.378 e. The van der Waals surface area contributed by atoms with Crippen molar-refractivity contribution in [1.82, 2.24) is 14.2 Å². The molecule has 7 nitrogen and oxygen atoms in total. The van der Waals surface area contributed by atoms with E-state index in [4.69, 9.17) is 0 Å². The molecule has 1 saturated heterocycles. The van der Waals surface area contributed by atoms with Crippen molar-refractivity contribution in [3.05, 3.63) is 75.7 Å². The summed E-state index contributed by atoms with van der Waals surface area (Å²) in [5.74, 6) is -0.0817. The van der Waals surface area contributed by atoms with E-state index in [-0.39, 0.29) is 12.5 Å². The average Bonchev–Trinajstić information content (AvgIpc) is 3.47. The highest BCUT2D eigenvalue weighted by molar-refractivity contribution is 7.89. The Morgan fingerprint density at radius 3 is 2.70 bits per heavy atom. The molecule has 0 aliphatic carbocycles. The van der Waals surface area contributed by atoms with Crippen LogP contribution in [0.5, 0.6) is 0 Å². The Bertz CT molecular complexity index is 1330. The van der Waals surface area contributed by atoms with Crippen molar-refractivity contribution in [3.8, 4) is 0 Å². The zero-order valence-corrected chi connectivity index (χ0v) is 20.5. The summed E-state index contributed by atoms with van der Waals surface area (Å²) in [6.07, 6.45) is 0.547. The Morgan fingerprint density at radius 2 is 1.97 bits per heavy atom. The number of aryl methyl sites for hydroxylation is 1. The molecule has 0 saturated carbocycles. The SMILES string of the molecule is Cc1nc(CN2[C@@]3(CCN(C(=O)c4cccc(N(C)C)c4)C3)c3ccccc3S2(=O)=O)cs1. The van der Waals surface area contributed by atoms with Gasteiger partial charge in [0.25, 0.3) is 5.91 Å². The first-order chi connectivity index (χ1) is 15.7. The fourth-order valence-corrected chi connectivity index (χ4v) is 7.55. The molecule has 0 unspecified atom stereocenters. The lowest BCUT2D eigenvalue weighted by Gasteiger charge is -2.33. The van der Waals surface area contributed by atoms with E-state index < -0.39 is 15.6 Å². The molecule has 0 N–H and O–H groups in total. The first-order valence-corrected chi connectivity index (χ1v) is 13.1. The van der Waals surface area contributed by atoms with E-state index in [1.165, 1.54) is 11.3 Å². The van der Waals surface area contributed by atoms with Crippen LogP contribution in [0.15, 0.2) is 58.8 Å². The van der Waals surface area contributed by atoms with Gasteiger partial charge in [0.05, 0.1) is 27.7 Å². The number of carbonyl (C=O) groups is 1. The van der Waals surface area contributed by atoms with Gasteiger partial charge in [0, 0.05) is 43.8 Å². The summed E-state index contributed by atoms with van der Waals surface area (Å²) in [5, 5.41) is 2.81. The van der Waals surface area contributed by atoms with Crippen molar-refractivity contribution >= 4 is 33.0 Å². The fraction of sp³-hybridized carbons (Fsp3) is 0.333. The number of fused-ring (bicyclic) bond motifs is 2. The molecule has 9 heteroatoms. The second-order valence-electron chi connectivity index (χ2n) is 8.82. The maximum absolute atomic E-state index is 13.6. The summed E-state index contributed by atoms with van der Waals surface area (Å²) in [7, 11) is 0.169. The van der Waals surface area contributed by atoms with Crippen molar-refractivity contribution in [3.63, 3.8) is 0 Å². The standard InChI is InChI=1S/C24H26N4O3S2/c1-17-25-19(15-32-17)14-28-24(21-9-4-5-10-22(21)33(28,30)31)11-12-27(16-24)23(29)18-7-6-8-20(13-18)26(2)3/h4-10,13,15H,11-12,14,16H2,1-3H3/t24-/m1/s1. The highest BCUT2D eigenvalue weighted by Gasteiger charge is 2.57. The van der Waals surface area contributed by atoms with Crippen molar-refractivity contribution < 1.29 is 13.2 Å². The van der Waals surface area contributed by atoms with Gasteiger partial charge in [0.2, 0.25) is 10.0 Å². The Balaban J connectivity index is 1.53. The summed E-state index contributed by atoms with van der Waals surface area (Å²) in [5.41, 5.74) is 2.27. The van der Waals surface area contributed by atoms with E-state index in [0.717, 1.165) is 22.0 Å². The minimum atomic E-state index is -3.71. The highest BCUT2D eigenvalue weighted by Crippen LogP contribution is 2.50. The van der Waals surface area contributed by atoms with Crippen LogP contribution in [-0.4, -0.2) is 55.7 Å². The van der Waals surface area contributed by atoms with E-state index in [9.17, 15) is 13.2 Å². The Labute approximate surface area is 198 Å². The van der Waals surface area contributed by atoms with Crippen LogP contribution in [0.1, 0.15) is 33.0 Å². The Morgan fingerprint density at radius 1 is 1.18 bits per heavy atom. The van der Waals surface area contributed by atoms with Gasteiger partial charge in [-0.1, -0.05) is 24.3 Å². The third-order valence-electron chi connectivity index (χ3n) is 6.55. The van der Waals surface area contributed by atoms with Crippen LogP contribution in [0.25, 0.3) is 0 Å². The number of carbonyl (C=O) groups excluding carboxylic acids is 1. The largest absolute Gasteiger partial charge is 0.378 e. The van der Waals surface area contributed by atoms with E-state index >= 15 is 0 Å². The molecular formula is C24H26N4O3S2. The molecule has 1 spiro atoms. The fourth-order valence-electron chi connectivity index (χ4n) is 4.91. The number of hydrogen-bond acceptors (Lipinski definition) is 6. The Hall–Kier alpha value is -2.75. The quantitative estimate of drug-likeness (QED) is 0.569. The smallest absolute Gasteiger partial charge is 0.254 e. The minimum absolute atomic E-state index is 0.0817. The molecule has 5 rings (SSSR count). The molecule has 2 aromatic carbocycles. The molecule has 172 valence electrons. The van der Waals surface area contributed by atoms with Crippen molar-refractivity contribution in [2.75, 3.05) is 32.1 Å². The summed E-state index contributed by atoms with van der Waals surface area (Å²) in [6.45, 7) is 2.91. The third-order valence-corrected chi connectivity index (χ3v) is 9.34. The monoisotopic (exact) mass is 482 g/mol. The predicted molar refractivity (Wildman–Crippen MR) is 129 cm³/mol. The molecule has 0 radical (unpaired) electrons. The van der Waals surface area contributed by atoms with Gasteiger partial charge < -0.3 is 9.80 Å². The van der Waals surface area contributed by atoms with Gasteiger partial charge in [-0.05, 0) is 43.2 Å². The highest BCUT2D eigenvalue weighted by atomic mass is 32.2. The second-order valence-corrected chi connectivity index (χ2v) is 11.7. The van der Waals surface area contributed by atoms with Crippen LogP contribution >= 0.6 is 11.3 Å².